The first kappa shape index (κ1) is 13.9. The second kappa shape index (κ2) is 6.13. The van der Waals surface area contributed by atoms with Crippen LogP contribution in [0.4, 0.5) is 0 Å². The second-order valence-corrected chi connectivity index (χ2v) is 6.70. The number of carbonyl (C=O) groups excluding carboxylic acids is 1. The van der Waals surface area contributed by atoms with Crippen LogP contribution >= 0.6 is 0 Å². The zero-order valence-electron chi connectivity index (χ0n) is 12.2. The van der Waals surface area contributed by atoms with E-state index in [0.29, 0.717) is 24.4 Å². The molecule has 2 aliphatic heterocycles. The molecule has 1 aliphatic carbocycles. The van der Waals surface area contributed by atoms with Gasteiger partial charge in [-0.2, -0.15) is 5.26 Å². The molecule has 3 fully saturated rings. The predicted octanol–water partition coefficient (Wildman–Crippen LogP) is 2.06. The fourth-order valence-corrected chi connectivity index (χ4v) is 4.32. The summed E-state index contributed by atoms with van der Waals surface area (Å²) in [6, 6.07) is 3.41. The maximum absolute atomic E-state index is 11.5. The molecule has 2 heterocycles. The van der Waals surface area contributed by atoms with Crippen molar-refractivity contribution in [3.05, 3.63) is 0 Å². The Morgan fingerprint density at radius 2 is 2.00 bits per heavy atom. The highest BCUT2D eigenvalue weighted by atomic mass is 16.1. The smallest absolute Gasteiger partial charge is 0.220 e. The number of nitrogens with zero attached hydrogens (tertiary/aromatic N) is 2. The van der Waals surface area contributed by atoms with Crippen molar-refractivity contribution >= 4 is 5.91 Å². The van der Waals surface area contributed by atoms with Crippen LogP contribution < -0.4 is 5.32 Å². The molecular formula is C16H25N3O. The van der Waals surface area contributed by atoms with Gasteiger partial charge in [-0.25, -0.2) is 0 Å². The number of piperidine rings is 2. The molecule has 4 atom stereocenters. The van der Waals surface area contributed by atoms with Crippen molar-refractivity contribution in [1.82, 2.24) is 10.2 Å². The predicted molar refractivity (Wildman–Crippen MR) is 76.8 cm³/mol. The summed E-state index contributed by atoms with van der Waals surface area (Å²) in [7, 11) is 0. The fraction of sp³-hybridized carbons (Fsp3) is 0.875. The van der Waals surface area contributed by atoms with Crippen LogP contribution in [0.15, 0.2) is 0 Å². The molecule has 4 unspecified atom stereocenters. The van der Waals surface area contributed by atoms with Crippen LogP contribution in [0, 0.1) is 23.2 Å². The maximum atomic E-state index is 11.5. The van der Waals surface area contributed by atoms with Crippen molar-refractivity contribution in [2.24, 2.45) is 11.8 Å². The van der Waals surface area contributed by atoms with Crippen molar-refractivity contribution in [2.45, 2.75) is 63.5 Å². The summed E-state index contributed by atoms with van der Waals surface area (Å²) in [6.45, 7) is 2.12. The monoisotopic (exact) mass is 275 g/mol. The zero-order chi connectivity index (χ0) is 13.9. The number of hydrogen-bond donors (Lipinski definition) is 1. The van der Waals surface area contributed by atoms with Crippen LogP contribution in [-0.2, 0) is 4.79 Å². The molecule has 0 spiro atoms. The standard InChI is InChI=1S/C16H25N3O/c17-10-12-4-2-1-3-5-15(12)19-9-8-14-13(11-19)6-7-16(20)18-14/h12-15H,1-9,11H2,(H,18,20). The van der Waals surface area contributed by atoms with Gasteiger partial charge in [0.15, 0.2) is 0 Å². The highest BCUT2D eigenvalue weighted by Gasteiger charge is 2.38. The van der Waals surface area contributed by atoms with Gasteiger partial charge in [0.25, 0.3) is 0 Å². The Morgan fingerprint density at radius 3 is 2.85 bits per heavy atom. The fourth-order valence-electron chi connectivity index (χ4n) is 4.32. The third-order valence-corrected chi connectivity index (χ3v) is 5.47. The van der Waals surface area contributed by atoms with Crippen LogP contribution in [0.5, 0.6) is 0 Å². The molecule has 3 aliphatic rings. The number of fused-ring (bicyclic) bond motifs is 1. The molecular weight excluding hydrogens is 250 g/mol. The normalized spacial score (nSPS) is 39.2. The highest BCUT2D eigenvalue weighted by Crippen LogP contribution is 2.32. The summed E-state index contributed by atoms with van der Waals surface area (Å²) in [5.74, 6) is 1.04. The topological polar surface area (TPSA) is 56.1 Å². The summed E-state index contributed by atoms with van der Waals surface area (Å²) in [4.78, 5) is 14.0. The van der Waals surface area contributed by atoms with Gasteiger partial charge in [0.05, 0.1) is 12.0 Å². The molecule has 0 radical (unpaired) electrons. The Labute approximate surface area is 121 Å². The van der Waals surface area contributed by atoms with Crippen LogP contribution in [0.3, 0.4) is 0 Å². The van der Waals surface area contributed by atoms with Gasteiger partial charge in [-0.1, -0.05) is 19.3 Å². The van der Waals surface area contributed by atoms with Crippen LogP contribution in [0.2, 0.25) is 0 Å². The van der Waals surface area contributed by atoms with Gasteiger partial charge in [-0.05, 0) is 31.6 Å². The molecule has 4 nitrogen and oxygen atoms in total. The maximum Gasteiger partial charge on any atom is 0.220 e. The molecule has 0 aromatic heterocycles. The minimum absolute atomic E-state index is 0.215. The van der Waals surface area contributed by atoms with E-state index in [1.165, 1.54) is 25.7 Å². The van der Waals surface area contributed by atoms with E-state index in [4.69, 9.17) is 0 Å². The number of amides is 1. The first-order chi connectivity index (χ1) is 9.78. The van der Waals surface area contributed by atoms with Gasteiger partial charge < -0.3 is 5.32 Å². The molecule has 2 saturated heterocycles. The van der Waals surface area contributed by atoms with E-state index in [1.54, 1.807) is 0 Å². The number of carbonyl (C=O) groups is 1. The van der Waals surface area contributed by atoms with E-state index in [0.717, 1.165) is 32.4 Å². The number of rotatable bonds is 1. The van der Waals surface area contributed by atoms with Gasteiger partial charge >= 0.3 is 0 Å². The van der Waals surface area contributed by atoms with Crippen LogP contribution in [0.1, 0.15) is 51.4 Å². The van der Waals surface area contributed by atoms with Gasteiger partial charge in [0, 0.05) is 31.6 Å². The van der Waals surface area contributed by atoms with E-state index in [1.807, 2.05) is 0 Å². The minimum Gasteiger partial charge on any atom is -0.353 e. The van der Waals surface area contributed by atoms with E-state index in [-0.39, 0.29) is 11.8 Å². The quantitative estimate of drug-likeness (QED) is 0.745. The SMILES string of the molecule is N#CC1CCCCCC1N1CCC2NC(=O)CCC2C1. The summed E-state index contributed by atoms with van der Waals surface area (Å²) >= 11 is 0. The molecule has 4 heteroatoms. The van der Waals surface area contributed by atoms with Crippen molar-refractivity contribution in [1.29, 1.82) is 5.26 Å². The van der Waals surface area contributed by atoms with E-state index in [9.17, 15) is 10.1 Å². The zero-order valence-corrected chi connectivity index (χ0v) is 12.2. The first-order valence-corrected chi connectivity index (χ1v) is 8.21. The van der Waals surface area contributed by atoms with Gasteiger partial charge in [-0.15, -0.1) is 0 Å². The lowest BCUT2D eigenvalue weighted by atomic mass is 9.83. The number of likely N-dealkylation sites (tertiary alicyclic amines) is 1. The molecule has 110 valence electrons. The number of hydrogen-bond acceptors (Lipinski definition) is 3. The lowest BCUT2D eigenvalue weighted by molar-refractivity contribution is -0.125. The van der Waals surface area contributed by atoms with Crippen molar-refractivity contribution in [2.75, 3.05) is 13.1 Å². The van der Waals surface area contributed by atoms with Crippen LogP contribution in [0.25, 0.3) is 0 Å². The largest absolute Gasteiger partial charge is 0.353 e. The molecule has 0 aromatic rings. The van der Waals surface area contributed by atoms with E-state index >= 15 is 0 Å². The lowest BCUT2D eigenvalue weighted by Gasteiger charge is -2.45. The minimum atomic E-state index is 0.215. The lowest BCUT2D eigenvalue weighted by Crippen LogP contribution is -2.56. The second-order valence-electron chi connectivity index (χ2n) is 6.70. The van der Waals surface area contributed by atoms with Crippen molar-refractivity contribution < 1.29 is 4.79 Å². The summed E-state index contributed by atoms with van der Waals surface area (Å²) in [6.07, 6.45) is 8.79. The molecule has 20 heavy (non-hydrogen) atoms. The molecule has 1 saturated carbocycles. The van der Waals surface area contributed by atoms with Gasteiger partial charge in [-0.3, -0.25) is 9.69 Å². The van der Waals surface area contributed by atoms with Crippen molar-refractivity contribution in [3.63, 3.8) is 0 Å². The Hall–Kier alpha value is -1.08. The Morgan fingerprint density at radius 1 is 1.15 bits per heavy atom. The third kappa shape index (κ3) is 2.83. The average Bonchev–Trinajstić information content (AvgIpc) is 2.71. The van der Waals surface area contributed by atoms with E-state index in [2.05, 4.69) is 16.3 Å². The molecule has 0 aromatic carbocycles. The molecule has 3 rings (SSSR count). The first-order valence-electron chi connectivity index (χ1n) is 8.21. The molecule has 0 bridgehead atoms. The highest BCUT2D eigenvalue weighted by molar-refractivity contribution is 5.77. The Kier molecular flexibility index (Phi) is 4.26. The van der Waals surface area contributed by atoms with Gasteiger partial charge in [0.2, 0.25) is 5.91 Å². The summed E-state index contributed by atoms with van der Waals surface area (Å²) in [5, 5.41) is 12.6. The van der Waals surface area contributed by atoms with Crippen LogP contribution in [-0.4, -0.2) is 36.0 Å². The third-order valence-electron chi connectivity index (χ3n) is 5.47. The van der Waals surface area contributed by atoms with E-state index < -0.39 is 0 Å². The Bertz CT molecular complexity index is 403. The van der Waals surface area contributed by atoms with Gasteiger partial charge in [0.1, 0.15) is 0 Å². The number of nitrogens with one attached hydrogen (secondary N) is 1. The average molecular weight is 275 g/mol. The summed E-state index contributed by atoms with van der Waals surface area (Å²) < 4.78 is 0. The summed E-state index contributed by atoms with van der Waals surface area (Å²) in [5.41, 5.74) is 0. The number of nitriles is 1. The molecule has 1 N–H and O–H groups in total. The van der Waals surface area contributed by atoms with Crippen molar-refractivity contribution in [3.8, 4) is 6.07 Å². The molecule has 1 amide bonds. The Balaban J connectivity index is 1.65.